The van der Waals surface area contributed by atoms with Crippen LogP contribution >= 0.6 is 11.6 Å². The van der Waals surface area contributed by atoms with Crippen LogP contribution in [0.15, 0.2) is 24.3 Å². The van der Waals surface area contributed by atoms with Gasteiger partial charge in [-0.2, -0.15) is 9.97 Å². The molecule has 2 rings (SSSR count). The first-order chi connectivity index (χ1) is 10.4. The van der Waals surface area contributed by atoms with Crippen LogP contribution in [0.25, 0.3) is 0 Å². The Labute approximate surface area is 132 Å². The van der Waals surface area contributed by atoms with E-state index in [1.807, 2.05) is 0 Å². The van der Waals surface area contributed by atoms with Gasteiger partial charge in [-0.25, -0.2) is 0 Å². The van der Waals surface area contributed by atoms with E-state index >= 15 is 0 Å². The SMILES string of the molecule is CNc1nc(Nc2cccc(Cl)c2)c([N+](=O)[O-])c(N(C)C)n1. The molecule has 0 saturated heterocycles. The fraction of sp³-hybridized carbons (Fsp3) is 0.231. The summed E-state index contributed by atoms with van der Waals surface area (Å²) in [5.74, 6) is 0.572. The molecule has 0 fully saturated rings. The molecule has 1 heterocycles. The van der Waals surface area contributed by atoms with Gasteiger partial charge >= 0.3 is 5.69 Å². The summed E-state index contributed by atoms with van der Waals surface area (Å²) in [6.45, 7) is 0. The zero-order valence-electron chi connectivity index (χ0n) is 12.3. The third-order valence-electron chi connectivity index (χ3n) is 2.78. The Hall–Kier alpha value is -2.61. The standard InChI is InChI=1S/C13H15ClN6O2/c1-15-13-17-11(16-9-6-4-5-8(14)7-9)10(20(21)22)12(18-13)19(2)3/h4-7H,1-3H3,(H2,15,16,17,18). The minimum Gasteiger partial charge on any atom is -0.357 e. The quantitative estimate of drug-likeness (QED) is 0.645. The van der Waals surface area contributed by atoms with Crippen molar-refractivity contribution in [2.45, 2.75) is 0 Å². The molecule has 0 radical (unpaired) electrons. The lowest BCUT2D eigenvalue weighted by atomic mass is 10.3. The van der Waals surface area contributed by atoms with Crippen molar-refractivity contribution in [3.05, 3.63) is 39.4 Å². The van der Waals surface area contributed by atoms with Crippen LogP contribution in [-0.4, -0.2) is 36.0 Å². The van der Waals surface area contributed by atoms with Gasteiger partial charge in [-0.3, -0.25) is 10.1 Å². The second-order valence-corrected chi connectivity index (χ2v) is 5.04. The second-order valence-electron chi connectivity index (χ2n) is 4.60. The summed E-state index contributed by atoms with van der Waals surface area (Å²) >= 11 is 5.93. The van der Waals surface area contributed by atoms with Gasteiger partial charge in [0, 0.05) is 31.9 Å². The normalized spacial score (nSPS) is 10.2. The summed E-state index contributed by atoms with van der Waals surface area (Å²) in [5.41, 5.74) is 0.394. The van der Waals surface area contributed by atoms with Crippen molar-refractivity contribution in [3.63, 3.8) is 0 Å². The Morgan fingerprint density at radius 3 is 2.59 bits per heavy atom. The highest BCUT2D eigenvalue weighted by molar-refractivity contribution is 6.30. The molecule has 9 heteroatoms. The van der Waals surface area contributed by atoms with Crippen molar-refractivity contribution in [1.29, 1.82) is 0 Å². The topological polar surface area (TPSA) is 96.2 Å². The van der Waals surface area contributed by atoms with Crippen LogP contribution in [0.1, 0.15) is 0 Å². The average molecular weight is 323 g/mol. The summed E-state index contributed by atoms with van der Waals surface area (Å²) in [7, 11) is 5.00. The highest BCUT2D eigenvalue weighted by atomic mass is 35.5. The number of anilines is 4. The number of halogens is 1. The highest BCUT2D eigenvalue weighted by Crippen LogP contribution is 2.34. The van der Waals surface area contributed by atoms with E-state index in [9.17, 15) is 10.1 Å². The third kappa shape index (κ3) is 3.34. The summed E-state index contributed by atoms with van der Waals surface area (Å²) in [5, 5.41) is 17.6. The lowest BCUT2D eigenvalue weighted by molar-refractivity contribution is -0.383. The van der Waals surface area contributed by atoms with Gasteiger partial charge in [0.1, 0.15) is 0 Å². The van der Waals surface area contributed by atoms with Gasteiger partial charge in [-0.15, -0.1) is 0 Å². The molecule has 22 heavy (non-hydrogen) atoms. The minimum atomic E-state index is -0.512. The van der Waals surface area contributed by atoms with E-state index in [4.69, 9.17) is 11.6 Å². The molecule has 2 N–H and O–H groups in total. The Balaban J connectivity index is 2.57. The Bertz CT molecular complexity index is 707. The first-order valence-electron chi connectivity index (χ1n) is 6.36. The van der Waals surface area contributed by atoms with E-state index in [1.165, 1.54) is 0 Å². The van der Waals surface area contributed by atoms with Gasteiger partial charge < -0.3 is 15.5 Å². The molecule has 0 bridgehead atoms. The zero-order chi connectivity index (χ0) is 16.3. The second kappa shape index (κ2) is 6.44. The van der Waals surface area contributed by atoms with E-state index in [0.29, 0.717) is 10.7 Å². The van der Waals surface area contributed by atoms with Gasteiger partial charge in [0.25, 0.3) is 0 Å². The lowest BCUT2D eigenvalue weighted by Crippen LogP contribution is -2.16. The Morgan fingerprint density at radius 2 is 2.05 bits per heavy atom. The summed E-state index contributed by atoms with van der Waals surface area (Å²) in [6, 6.07) is 6.85. The van der Waals surface area contributed by atoms with E-state index < -0.39 is 4.92 Å². The molecule has 0 unspecified atom stereocenters. The van der Waals surface area contributed by atoms with Crippen molar-refractivity contribution < 1.29 is 4.92 Å². The molecule has 116 valence electrons. The van der Waals surface area contributed by atoms with Gasteiger partial charge in [0.15, 0.2) is 0 Å². The van der Waals surface area contributed by atoms with Crippen molar-refractivity contribution in [2.75, 3.05) is 36.7 Å². The molecule has 0 spiro atoms. The zero-order valence-corrected chi connectivity index (χ0v) is 13.0. The van der Waals surface area contributed by atoms with Crippen LogP contribution in [0.4, 0.5) is 29.0 Å². The molecule has 0 atom stereocenters. The minimum absolute atomic E-state index is 0.0929. The van der Waals surface area contributed by atoms with Crippen molar-refractivity contribution in [2.24, 2.45) is 0 Å². The molecule has 8 nitrogen and oxygen atoms in total. The number of rotatable bonds is 5. The van der Waals surface area contributed by atoms with E-state index in [2.05, 4.69) is 20.6 Å². The number of nitro groups is 1. The van der Waals surface area contributed by atoms with E-state index in [0.717, 1.165) is 0 Å². The lowest BCUT2D eigenvalue weighted by Gasteiger charge is -2.15. The average Bonchev–Trinajstić information content (AvgIpc) is 2.45. The van der Waals surface area contributed by atoms with Crippen molar-refractivity contribution >= 4 is 40.6 Å². The number of nitrogens with zero attached hydrogens (tertiary/aromatic N) is 4. The molecule has 2 aromatic rings. The van der Waals surface area contributed by atoms with Gasteiger partial charge in [0.2, 0.25) is 17.6 Å². The van der Waals surface area contributed by atoms with Crippen LogP contribution in [0.2, 0.25) is 5.02 Å². The monoisotopic (exact) mass is 322 g/mol. The van der Waals surface area contributed by atoms with Crippen LogP contribution < -0.4 is 15.5 Å². The number of benzene rings is 1. The largest absolute Gasteiger partial charge is 0.357 e. The predicted octanol–water partition coefficient (Wildman–Crippen LogP) is 2.89. The van der Waals surface area contributed by atoms with E-state index in [1.54, 1.807) is 50.3 Å². The number of nitrogens with one attached hydrogen (secondary N) is 2. The first kappa shape index (κ1) is 15.8. The smallest absolute Gasteiger partial charge is 0.353 e. The van der Waals surface area contributed by atoms with Crippen LogP contribution in [0.3, 0.4) is 0 Å². The molecule has 1 aromatic carbocycles. The Morgan fingerprint density at radius 1 is 1.32 bits per heavy atom. The fourth-order valence-electron chi connectivity index (χ4n) is 1.82. The number of hydrogen-bond donors (Lipinski definition) is 2. The third-order valence-corrected chi connectivity index (χ3v) is 3.02. The van der Waals surface area contributed by atoms with Crippen molar-refractivity contribution in [1.82, 2.24) is 9.97 Å². The van der Waals surface area contributed by atoms with Gasteiger partial charge in [0.05, 0.1) is 4.92 Å². The number of aromatic nitrogens is 2. The molecule has 1 aromatic heterocycles. The maximum atomic E-state index is 11.4. The van der Waals surface area contributed by atoms with Gasteiger partial charge in [-0.05, 0) is 18.2 Å². The molecule has 0 aliphatic heterocycles. The summed E-state index contributed by atoms with van der Waals surface area (Å²) in [6.07, 6.45) is 0. The van der Waals surface area contributed by atoms with Crippen molar-refractivity contribution in [3.8, 4) is 0 Å². The molecule has 0 aliphatic rings. The molecule has 0 saturated carbocycles. The maximum absolute atomic E-state index is 11.4. The Kier molecular flexibility index (Phi) is 4.62. The molecule has 0 amide bonds. The van der Waals surface area contributed by atoms with Gasteiger partial charge in [-0.1, -0.05) is 17.7 Å². The molecular formula is C13H15ClN6O2. The molecular weight excluding hydrogens is 308 g/mol. The summed E-state index contributed by atoms with van der Waals surface area (Å²) in [4.78, 5) is 20.7. The highest BCUT2D eigenvalue weighted by Gasteiger charge is 2.26. The van der Waals surface area contributed by atoms with E-state index in [-0.39, 0.29) is 23.3 Å². The number of hydrogen-bond acceptors (Lipinski definition) is 7. The van der Waals surface area contributed by atoms with Crippen LogP contribution in [0, 0.1) is 10.1 Å². The van der Waals surface area contributed by atoms with Crippen LogP contribution in [0.5, 0.6) is 0 Å². The molecule has 0 aliphatic carbocycles. The summed E-state index contributed by atoms with van der Waals surface area (Å²) < 4.78 is 0. The predicted molar refractivity (Wildman–Crippen MR) is 87.3 cm³/mol. The fourth-order valence-corrected chi connectivity index (χ4v) is 2.02. The first-order valence-corrected chi connectivity index (χ1v) is 6.74. The maximum Gasteiger partial charge on any atom is 0.353 e. The van der Waals surface area contributed by atoms with Crippen LogP contribution in [-0.2, 0) is 0 Å².